The van der Waals surface area contributed by atoms with Crippen LogP contribution in [0.25, 0.3) is 0 Å². The Morgan fingerprint density at radius 1 is 0.944 bits per heavy atom. The topological polar surface area (TPSA) is 172 Å². The summed E-state index contributed by atoms with van der Waals surface area (Å²) in [4.78, 5) is 78.5. The fourth-order valence-corrected chi connectivity index (χ4v) is 7.90. The highest BCUT2D eigenvalue weighted by Crippen LogP contribution is 2.34. The summed E-state index contributed by atoms with van der Waals surface area (Å²) in [5.41, 5.74) is 2.66. The maximum Gasteiger partial charge on any atom is 0.282 e. The third-order valence-electron chi connectivity index (χ3n) is 10.3. The number of aromatic nitrogens is 2. The van der Waals surface area contributed by atoms with E-state index in [1.54, 1.807) is 31.4 Å². The van der Waals surface area contributed by atoms with Crippen LogP contribution in [-0.2, 0) is 16.6 Å². The number of piperidine rings is 2. The van der Waals surface area contributed by atoms with Crippen molar-refractivity contribution in [2.24, 2.45) is 7.05 Å². The molecule has 14 nitrogen and oxygen atoms in total. The average molecular weight is 805 g/mol. The Hall–Kier alpha value is -4.89. The highest BCUT2D eigenvalue weighted by atomic mass is 79.9. The van der Waals surface area contributed by atoms with Crippen molar-refractivity contribution in [1.29, 1.82) is 0 Å². The van der Waals surface area contributed by atoms with Crippen LogP contribution in [0.15, 0.2) is 57.9 Å². The molecule has 3 aromatic rings. The zero-order chi connectivity index (χ0) is 38.4. The number of likely N-dealkylation sites (tertiary alicyclic amines) is 1. The lowest BCUT2D eigenvalue weighted by Crippen LogP contribution is -2.54. The van der Waals surface area contributed by atoms with Crippen LogP contribution in [0.2, 0.25) is 0 Å². The number of amides is 5. The molecule has 0 aliphatic carbocycles. The van der Waals surface area contributed by atoms with E-state index in [2.05, 4.69) is 48.9 Å². The first kappa shape index (κ1) is 38.8. The van der Waals surface area contributed by atoms with Crippen molar-refractivity contribution in [3.8, 4) is 5.75 Å². The number of likely N-dealkylation sites (N-methyl/N-ethyl adjacent to an activating group) is 1. The Labute approximate surface area is 322 Å². The van der Waals surface area contributed by atoms with Gasteiger partial charge in [-0.05, 0) is 84.4 Å². The number of rotatable bonds is 15. The molecule has 286 valence electrons. The Bertz CT molecular complexity index is 1970. The first-order valence-corrected chi connectivity index (χ1v) is 19.3. The number of anilines is 1. The van der Waals surface area contributed by atoms with E-state index >= 15 is 0 Å². The minimum Gasteiger partial charge on any atom is -0.493 e. The van der Waals surface area contributed by atoms with Crippen LogP contribution in [0.3, 0.4) is 0 Å². The molecule has 4 heterocycles. The number of carbonyl (C=O) groups excluding carboxylic acids is 5. The zero-order valence-corrected chi connectivity index (χ0v) is 32.2. The van der Waals surface area contributed by atoms with Gasteiger partial charge in [-0.3, -0.25) is 39.0 Å². The molecule has 3 atom stereocenters. The van der Waals surface area contributed by atoms with Crippen LogP contribution in [0.1, 0.15) is 100 Å². The molecule has 3 N–H and O–H groups in total. The standard InChI is InChI=1S/C39H46BrN7O7/c1-45-22-26(20-27(23-45)43-29-21-42-46(2)39(53)34(29)40)24-12-14-25(15-13-24)35(49)41-18-7-5-3-4-6-8-19-54-31-11-9-10-28-33(31)38(52)47(37(28)51)30-16-17-32(48)44-36(30)50/h9-15,21,26-27,30,43H,3-8,16-20,22-23H2,1-2H3,(H,41,49)(H,44,48,50). The van der Waals surface area contributed by atoms with Crippen LogP contribution in [-0.4, -0.2) is 94.5 Å². The Morgan fingerprint density at radius 3 is 2.44 bits per heavy atom. The van der Waals surface area contributed by atoms with Gasteiger partial charge in [-0.2, -0.15) is 5.10 Å². The maximum atomic E-state index is 13.2. The zero-order valence-electron chi connectivity index (χ0n) is 30.6. The number of benzene rings is 2. The molecular weight excluding hydrogens is 758 g/mol. The molecule has 6 rings (SSSR count). The summed E-state index contributed by atoms with van der Waals surface area (Å²) in [6.07, 6.45) is 8.28. The van der Waals surface area contributed by atoms with Gasteiger partial charge in [0.1, 0.15) is 16.3 Å². The quantitative estimate of drug-likeness (QED) is 0.151. The lowest BCUT2D eigenvalue weighted by atomic mass is 9.87. The molecule has 3 aliphatic heterocycles. The fraction of sp³-hybridized carbons (Fsp3) is 0.462. The molecule has 3 unspecified atom stereocenters. The van der Waals surface area contributed by atoms with Crippen molar-refractivity contribution in [2.45, 2.75) is 75.8 Å². The molecule has 0 spiro atoms. The van der Waals surface area contributed by atoms with Crippen molar-refractivity contribution in [3.05, 3.63) is 85.7 Å². The number of hydrogen-bond donors (Lipinski definition) is 3. The Morgan fingerprint density at radius 2 is 1.69 bits per heavy atom. The number of hydrogen-bond acceptors (Lipinski definition) is 10. The summed E-state index contributed by atoms with van der Waals surface area (Å²) < 4.78 is 7.69. The molecule has 2 saturated heterocycles. The first-order valence-electron chi connectivity index (χ1n) is 18.5. The van der Waals surface area contributed by atoms with Crippen LogP contribution in [0.4, 0.5) is 5.69 Å². The minimum absolute atomic E-state index is 0.0654. The minimum atomic E-state index is -1.02. The van der Waals surface area contributed by atoms with E-state index in [0.29, 0.717) is 34.6 Å². The Kier molecular flexibility index (Phi) is 12.6. The molecule has 0 saturated carbocycles. The van der Waals surface area contributed by atoms with Crippen molar-refractivity contribution in [2.75, 3.05) is 38.6 Å². The van der Waals surface area contributed by atoms with E-state index in [4.69, 9.17) is 4.74 Å². The normalized spacial score (nSPS) is 20.1. The smallest absolute Gasteiger partial charge is 0.282 e. The summed E-state index contributed by atoms with van der Waals surface area (Å²) in [5.74, 6) is -1.69. The van der Waals surface area contributed by atoms with E-state index < -0.39 is 29.7 Å². The van der Waals surface area contributed by atoms with E-state index in [1.807, 2.05) is 24.3 Å². The van der Waals surface area contributed by atoms with Gasteiger partial charge in [-0.15, -0.1) is 0 Å². The highest BCUT2D eigenvalue weighted by Gasteiger charge is 2.46. The second-order valence-corrected chi connectivity index (χ2v) is 15.1. The van der Waals surface area contributed by atoms with Crippen LogP contribution >= 0.6 is 15.9 Å². The summed E-state index contributed by atoms with van der Waals surface area (Å²) in [5, 5.41) is 12.9. The van der Waals surface area contributed by atoms with Gasteiger partial charge < -0.3 is 20.3 Å². The van der Waals surface area contributed by atoms with Gasteiger partial charge in [0.05, 0.1) is 29.6 Å². The van der Waals surface area contributed by atoms with Gasteiger partial charge in [-0.25, -0.2) is 4.68 Å². The van der Waals surface area contributed by atoms with Crippen LogP contribution < -0.4 is 26.2 Å². The number of imide groups is 2. The van der Waals surface area contributed by atoms with Crippen LogP contribution in [0.5, 0.6) is 5.75 Å². The number of halogens is 1. The van der Waals surface area contributed by atoms with Gasteiger partial charge in [0, 0.05) is 44.7 Å². The molecule has 3 aliphatic rings. The number of nitrogens with zero attached hydrogens (tertiary/aromatic N) is 4. The van der Waals surface area contributed by atoms with E-state index in [-0.39, 0.29) is 47.4 Å². The third kappa shape index (κ3) is 8.90. The van der Waals surface area contributed by atoms with Crippen LogP contribution in [0, 0.1) is 0 Å². The highest BCUT2D eigenvalue weighted by molar-refractivity contribution is 9.10. The Balaban J connectivity index is 0.865. The molecule has 1 aromatic heterocycles. The summed E-state index contributed by atoms with van der Waals surface area (Å²) in [6.45, 7) is 2.72. The molecule has 0 radical (unpaired) electrons. The molecule has 54 heavy (non-hydrogen) atoms. The number of ether oxygens (including phenoxy) is 1. The second-order valence-electron chi connectivity index (χ2n) is 14.3. The molecule has 2 fully saturated rings. The number of unbranched alkanes of at least 4 members (excludes halogenated alkanes) is 5. The number of carbonyl (C=O) groups is 5. The molecular formula is C39H46BrN7O7. The summed E-state index contributed by atoms with van der Waals surface area (Å²) in [6, 6.07) is 11.8. The molecule has 15 heteroatoms. The third-order valence-corrected chi connectivity index (χ3v) is 11.0. The van der Waals surface area contributed by atoms with Crippen molar-refractivity contribution in [3.63, 3.8) is 0 Å². The first-order chi connectivity index (χ1) is 26.0. The molecule has 0 bridgehead atoms. The number of nitrogens with one attached hydrogen (secondary N) is 3. The fourth-order valence-electron chi connectivity index (χ4n) is 7.43. The predicted octanol–water partition coefficient (Wildman–Crippen LogP) is 3.99. The lowest BCUT2D eigenvalue weighted by molar-refractivity contribution is -0.136. The number of aryl methyl sites for hydroxylation is 1. The molecule has 5 amide bonds. The van der Waals surface area contributed by atoms with Gasteiger partial charge in [0.15, 0.2) is 0 Å². The van der Waals surface area contributed by atoms with E-state index in [9.17, 15) is 28.8 Å². The van der Waals surface area contributed by atoms with E-state index in [1.165, 1.54) is 10.2 Å². The predicted molar refractivity (Wildman–Crippen MR) is 205 cm³/mol. The second kappa shape index (κ2) is 17.5. The summed E-state index contributed by atoms with van der Waals surface area (Å²) in [7, 11) is 3.70. The van der Waals surface area contributed by atoms with Gasteiger partial charge in [-0.1, -0.05) is 43.9 Å². The van der Waals surface area contributed by atoms with Crippen molar-refractivity contribution < 1.29 is 28.7 Å². The number of fused-ring (bicyclic) bond motifs is 1. The SMILES string of the molecule is CN1CC(Nc2cnn(C)c(=O)c2Br)CC(c2ccc(C(=O)NCCCCCCCCOc3cccc4c3C(=O)N(C3CCC(=O)NC3=O)C4=O)cc2)C1. The van der Waals surface area contributed by atoms with E-state index in [0.717, 1.165) is 62.9 Å². The largest absolute Gasteiger partial charge is 0.493 e. The molecule has 2 aromatic carbocycles. The summed E-state index contributed by atoms with van der Waals surface area (Å²) >= 11 is 3.40. The van der Waals surface area contributed by atoms with Gasteiger partial charge in [0.25, 0.3) is 23.3 Å². The van der Waals surface area contributed by atoms with Crippen molar-refractivity contribution >= 4 is 51.2 Å². The van der Waals surface area contributed by atoms with Gasteiger partial charge in [0.2, 0.25) is 11.8 Å². The maximum absolute atomic E-state index is 13.2. The van der Waals surface area contributed by atoms with Crippen molar-refractivity contribution in [1.82, 2.24) is 30.2 Å². The average Bonchev–Trinajstić information content (AvgIpc) is 3.41. The monoisotopic (exact) mass is 803 g/mol. The van der Waals surface area contributed by atoms with Gasteiger partial charge >= 0.3 is 0 Å². The lowest BCUT2D eigenvalue weighted by Gasteiger charge is -2.37.